The van der Waals surface area contributed by atoms with Crippen LogP contribution in [0.1, 0.15) is 39.5 Å². The van der Waals surface area contributed by atoms with Gasteiger partial charge in [-0.05, 0) is 0 Å². The third-order valence-electron chi connectivity index (χ3n) is 1.41. The topological polar surface area (TPSA) is 77.8 Å². The Balaban J connectivity index is 0. The Labute approximate surface area is 96.6 Å². The van der Waals surface area contributed by atoms with Crippen LogP contribution in [0, 0.1) is 0 Å². The molecular weight excluding hydrogens is 310 g/mol. The van der Waals surface area contributed by atoms with E-state index in [0.29, 0.717) is 0 Å². The molecule has 0 bridgehead atoms. The maximum absolute atomic E-state index is 8.88. The van der Waals surface area contributed by atoms with Crippen LogP contribution in [0.25, 0.3) is 0 Å². The molecule has 2 radical (unpaired) electrons. The third kappa shape index (κ3) is 38.4. The first kappa shape index (κ1) is 17.3. The Morgan fingerprint density at radius 2 is 1.29 bits per heavy atom. The second-order valence-electron chi connectivity index (χ2n) is 2.97. The van der Waals surface area contributed by atoms with Crippen molar-refractivity contribution in [2.75, 3.05) is 0 Å². The standard InChI is InChI=1S/2C4H9.H3O4P.Sn/c2*1-3-4-2;1-5(2,3)4;/h2*1,3-4H2,2H3;(H3,1,2,3,4);. The zero-order chi connectivity index (χ0) is 11.4. The number of phosphoric acid groups is 1. The summed E-state index contributed by atoms with van der Waals surface area (Å²) in [6.45, 7) is 4.58. The molecule has 4 nitrogen and oxygen atoms in total. The Morgan fingerprint density at radius 3 is 1.50 bits per heavy atom. The van der Waals surface area contributed by atoms with Gasteiger partial charge in [0.05, 0.1) is 0 Å². The summed E-state index contributed by atoms with van der Waals surface area (Å²) in [6, 6.07) is 0. The molecule has 0 atom stereocenters. The average Bonchev–Trinajstić information content (AvgIpc) is 2.01. The number of hydrogen-bond acceptors (Lipinski definition) is 1. The van der Waals surface area contributed by atoms with Crippen LogP contribution in [-0.2, 0) is 4.57 Å². The largest absolute Gasteiger partial charge is 0.466 e. The van der Waals surface area contributed by atoms with Gasteiger partial charge in [0.2, 0.25) is 0 Å². The average molecular weight is 331 g/mol. The van der Waals surface area contributed by atoms with Gasteiger partial charge in [-0.2, -0.15) is 0 Å². The van der Waals surface area contributed by atoms with Crippen LogP contribution in [-0.4, -0.2) is 35.8 Å². The summed E-state index contributed by atoms with van der Waals surface area (Å²) in [7, 11) is -4.64. The van der Waals surface area contributed by atoms with E-state index in [1.807, 2.05) is 0 Å². The van der Waals surface area contributed by atoms with Gasteiger partial charge in [-0.1, -0.05) is 0 Å². The monoisotopic (exact) mass is 332 g/mol. The van der Waals surface area contributed by atoms with Crippen LogP contribution in [0.4, 0.5) is 0 Å². The van der Waals surface area contributed by atoms with Crippen LogP contribution < -0.4 is 0 Å². The summed E-state index contributed by atoms with van der Waals surface area (Å²) >= 11 is 0.149. The Morgan fingerprint density at radius 1 is 1.00 bits per heavy atom. The van der Waals surface area contributed by atoms with Gasteiger partial charge in [-0.3, -0.25) is 0 Å². The van der Waals surface area contributed by atoms with Crippen LogP contribution in [0.5, 0.6) is 0 Å². The minimum Gasteiger partial charge on any atom is -0.303 e. The molecule has 0 aromatic heterocycles. The second-order valence-corrected chi connectivity index (χ2v) is 8.28. The summed E-state index contributed by atoms with van der Waals surface area (Å²) in [6.07, 6.45) is 5.84. The first-order chi connectivity index (χ1) is 6.41. The van der Waals surface area contributed by atoms with E-state index in [4.69, 9.17) is 19.2 Å². The molecule has 0 saturated heterocycles. The maximum Gasteiger partial charge on any atom is 0.466 e. The van der Waals surface area contributed by atoms with Crippen molar-refractivity contribution in [2.24, 2.45) is 0 Å². The van der Waals surface area contributed by atoms with Gasteiger partial charge < -0.3 is 14.7 Å². The van der Waals surface area contributed by atoms with Crippen LogP contribution in [0.15, 0.2) is 0 Å². The molecule has 0 aliphatic carbocycles. The second kappa shape index (κ2) is 12.0. The molecule has 0 aliphatic heterocycles. The zero-order valence-corrected chi connectivity index (χ0v) is 12.7. The van der Waals surface area contributed by atoms with Gasteiger partial charge in [-0.25, -0.2) is 4.57 Å². The zero-order valence-electron chi connectivity index (χ0n) is 8.94. The Bertz CT molecular complexity index is 134. The molecule has 0 unspecified atom stereocenters. The molecular formula is C8H21O4PSn. The Hall–Kier alpha value is 0.909. The fourth-order valence-corrected chi connectivity index (χ4v) is 4.89. The van der Waals surface area contributed by atoms with Gasteiger partial charge >= 0.3 is 77.4 Å². The molecule has 0 fully saturated rings. The van der Waals surface area contributed by atoms with Crippen molar-refractivity contribution >= 4 is 29.0 Å². The van der Waals surface area contributed by atoms with Gasteiger partial charge in [0.15, 0.2) is 0 Å². The molecule has 86 valence electrons. The fourth-order valence-electron chi connectivity index (χ4n) is 0.729. The SMILES string of the molecule is CCC[CH2][Sn][CH2]CCC.O=P(O)(O)O. The maximum atomic E-state index is 8.88. The predicted octanol–water partition coefficient (Wildman–Crippen LogP) is 2.20. The van der Waals surface area contributed by atoms with E-state index in [-0.39, 0.29) is 21.1 Å². The van der Waals surface area contributed by atoms with E-state index in [1.165, 1.54) is 25.7 Å². The van der Waals surface area contributed by atoms with E-state index >= 15 is 0 Å². The summed E-state index contributed by atoms with van der Waals surface area (Å²) in [4.78, 5) is 21.6. The van der Waals surface area contributed by atoms with Gasteiger partial charge in [0, 0.05) is 0 Å². The first-order valence-electron chi connectivity index (χ1n) is 4.90. The molecule has 0 aromatic carbocycles. The summed E-state index contributed by atoms with van der Waals surface area (Å²) in [5.74, 6) is 0. The minimum absolute atomic E-state index is 0.149. The van der Waals surface area contributed by atoms with E-state index < -0.39 is 7.82 Å². The van der Waals surface area contributed by atoms with E-state index in [0.717, 1.165) is 0 Å². The molecule has 0 spiro atoms. The van der Waals surface area contributed by atoms with Crippen molar-refractivity contribution in [3.8, 4) is 0 Å². The number of rotatable bonds is 6. The van der Waals surface area contributed by atoms with Crippen LogP contribution in [0.2, 0.25) is 8.87 Å². The quantitative estimate of drug-likeness (QED) is 0.396. The molecule has 0 rings (SSSR count). The summed E-state index contributed by atoms with van der Waals surface area (Å²) in [5.41, 5.74) is 0. The molecule has 3 N–H and O–H groups in total. The predicted molar refractivity (Wildman–Crippen MR) is 59.4 cm³/mol. The number of hydrogen-bond donors (Lipinski definition) is 3. The molecule has 0 aromatic rings. The van der Waals surface area contributed by atoms with Crippen molar-refractivity contribution in [3.05, 3.63) is 0 Å². The van der Waals surface area contributed by atoms with Gasteiger partial charge in [0.1, 0.15) is 0 Å². The molecule has 6 heteroatoms. The van der Waals surface area contributed by atoms with E-state index in [1.54, 1.807) is 8.87 Å². The van der Waals surface area contributed by atoms with E-state index in [2.05, 4.69) is 13.8 Å². The Kier molecular flexibility index (Phi) is 14.8. The van der Waals surface area contributed by atoms with Crippen LogP contribution >= 0.6 is 7.82 Å². The van der Waals surface area contributed by atoms with Crippen molar-refractivity contribution in [2.45, 2.75) is 48.4 Å². The van der Waals surface area contributed by atoms with Crippen LogP contribution in [0.3, 0.4) is 0 Å². The van der Waals surface area contributed by atoms with E-state index in [9.17, 15) is 0 Å². The molecule has 0 heterocycles. The summed E-state index contributed by atoms with van der Waals surface area (Å²) < 4.78 is 12.1. The fraction of sp³-hybridized carbons (Fsp3) is 1.00. The number of unbranched alkanes of at least 4 members (excludes halogenated alkanes) is 2. The molecule has 0 amide bonds. The third-order valence-corrected chi connectivity index (χ3v) is 5.45. The van der Waals surface area contributed by atoms with Gasteiger partial charge in [-0.15, -0.1) is 0 Å². The van der Waals surface area contributed by atoms with Crippen molar-refractivity contribution < 1.29 is 19.2 Å². The smallest absolute Gasteiger partial charge is 0.303 e. The molecule has 14 heavy (non-hydrogen) atoms. The molecule has 0 aliphatic rings. The molecule has 0 saturated carbocycles. The van der Waals surface area contributed by atoms with Gasteiger partial charge in [0.25, 0.3) is 0 Å². The van der Waals surface area contributed by atoms with Crippen molar-refractivity contribution in [1.29, 1.82) is 0 Å². The van der Waals surface area contributed by atoms with Crippen molar-refractivity contribution in [3.63, 3.8) is 0 Å². The first-order valence-corrected chi connectivity index (χ1v) is 10.5. The normalized spacial score (nSPS) is 10.6. The summed E-state index contributed by atoms with van der Waals surface area (Å²) in [5, 5.41) is 0. The minimum atomic E-state index is -4.64. The van der Waals surface area contributed by atoms with Crippen molar-refractivity contribution in [1.82, 2.24) is 0 Å².